The quantitative estimate of drug-likeness (QED) is 0.483. The van der Waals surface area contributed by atoms with Gasteiger partial charge < -0.3 is 0 Å². The summed E-state index contributed by atoms with van der Waals surface area (Å²) in [5.74, 6) is 0. The zero-order valence-corrected chi connectivity index (χ0v) is 11.6. The van der Waals surface area contributed by atoms with E-state index in [1.165, 1.54) is 33.4 Å². The monoisotopic (exact) mass is 320 g/mol. The lowest BCUT2D eigenvalue weighted by molar-refractivity contribution is 1.24. The molecule has 0 fully saturated rings. The molecule has 1 aliphatic rings. The summed E-state index contributed by atoms with van der Waals surface area (Å²) in [6.45, 7) is 4.33. The second-order valence-corrected chi connectivity index (χ2v) is 5.79. The second-order valence-electron chi connectivity index (χ2n) is 4.54. The molecule has 0 spiro atoms. The number of fused-ring (bicyclic) bond motifs is 3. The molecule has 0 saturated carbocycles. The minimum atomic E-state index is 0.516. The van der Waals surface area contributed by atoms with Crippen molar-refractivity contribution in [2.24, 2.45) is 0 Å². The molecular formula is C15H13I. The van der Waals surface area contributed by atoms with Crippen LogP contribution in [0.1, 0.15) is 26.2 Å². The highest BCUT2D eigenvalue weighted by Gasteiger charge is 2.26. The van der Waals surface area contributed by atoms with Crippen LogP contribution in [0.25, 0.3) is 11.1 Å². The van der Waals surface area contributed by atoms with Gasteiger partial charge in [0.25, 0.3) is 0 Å². The van der Waals surface area contributed by atoms with Crippen molar-refractivity contribution in [1.29, 1.82) is 0 Å². The molecule has 1 heteroatoms. The van der Waals surface area contributed by atoms with Crippen LogP contribution in [0, 0.1) is 13.8 Å². The Bertz CT molecular complexity index is 518. The van der Waals surface area contributed by atoms with E-state index in [1.807, 2.05) is 0 Å². The lowest BCUT2D eigenvalue weighted by Gasteiger charge is -2.05. The van der Waals surface area contributed by atoms with Gasteiger partial charge in [-0.05, 0) is 36.1 Å². The van der Waals surface area contributed by atoms with E-state index in [0.717, 1.165) is 0 Å². The van der Waals surface area contributed by atoms with Crippen molar-refractivity contribution in [3.05, 3.63) is 58.7 Å². The number of aryl methyl sites for hydroxylation is 2. The molecule has 1 aliphatic carbocycles. The van der Waals surface area contributed by atoms with E-state index in [2.05, 4.69) is 72.8 Å². The molecule has 0 nitrogen and oxygen atoms in total. The summed E-state index contributed by atoms with van der Waals surface area (Å²) in [5.41, 5.74) is 8.48. The summed E-state index contributed by atoms with van der Waals surface area (Å²) < 4.78 is 0.516. The van der Waals surface area contributed by atoms with Crippen LogP contribution in [0.4, 0.5) is 0 Å². The number of rotatable bonds is 0. The molecule has 0 N–H and O–H groups in total. The highest BCUT2D eigenvalue weighted by atomic mass is 127. The SMILES string of the molecule is Cc1ccc2c(c1)C(I)c1cc(C)ccc1-2. The van der Waals surface area contributed by atoms with Gasteiger partial charge in [0.2, 0.25) is 0 Å². The minimum absolute atomic E-state index is 0.516. The molecule has 0 atom stereocenters. The van der Waals surface area contributed by atoms with Crippen LogP contribution in [-0.2, 0) is 0 Å². The molecule has 0 amide bonds. The Morgan fingerprint density at radius 1 is 0.812 bits per heavy atom. The topological polar surface area (TPSA) is 0 Å². The van der Waals surface area contributed by atoms with E-state index in [-0.39, 0.29) is 0 Å². The van der Waals surface area contributed by atoms with Gasteiger partial charge in [-0.3, -0.25) is 0 Å². The van der Waals surface area contributed by atoms with Gasteiger partial charge in [-0.2, -0.15) is 0 Å². The summed E-state index contributed by atoms with van der Waals surface area (Å²) in [4.78, 5) is 0. The molecule has 0 aliphatic heterocycles. The van der Waals surface area contributed by atoms with Crippen LogP contribution in [0.5, 0.6) is 0 Å². The molecule has 2 aromatic carbocycles. The number of alkyl halides is 1. The van der Waals surface area contributed by atoms with Gasteiger partial charge in [-0.15, -0.1) is 0 Å². The average Bonchev–Trinajstić information content (AvgIpc) is 2.53. The van der Waals surface area contributed by atoms with Gasteiger partial charge in [0.15, 0.2) is 0 Å². The molecule has 16 heavy (non-hydrogen) atoms. The first kappa shape index (κ1) is 10.3. The molecular weight excluding hydrogens is 307 g/mol. The average molecular weight is 320 g/mol. The third-order valence-electron chi connectivity index (χ3n) is 3.25. The zero-order chi connectivity index (χ0) is 11.3. The Kier molecular flexibility index (Phi) is 2.32. The van der Waals surface area contributed by atoms with E-state index in [9.17, 15) is 0 Å². The van der Waals surface area contributed by atoms with E-state index < -0.39 is 0 Å². The molecule has 0 heterocycles. The Labute approximate surface area is 110 Å². The maximum atomic E-state index is 2.55. The predicted octanol–water partition coefficient (Wildman–Crippen LogP) is 4.81. The standard InChI is InChI=1S/C15H13I/c1-9-3-5-11-12-6-4-10(2)8-14(12)15(16)13(11)7-9/h3-8,15H,1-2H3. The number of benzene rings is 2. The molecule has 0 unspecified atom stereocenters. The van der Waals surface area contributed by atoms with Gasteiger partial charge in [-0.1, -0.05) is 70.1 Å². The van der Waals surface area contributed by atoms with Crippen molar-refractivity contribution >= 4 is 22.6 Å². The van der Waals surface area contributed by atoms with Crippen molar-refractivity contribution in [2.45, 2.75) is 17.8 Å². The largest absolute Gasteiger partial charge is 0.0721 e. The smallest absolute Gasteiger partial charge is 0.0620 e. The maximum absolute atomic E-state index is 2.55. The van der Waals surface area contributed by atoms with Crippen LogP contribution in [-0.4, -0.2) is 0 Å². The predicted molar refractivity (Wildman–Crippen MR) is 77.2 cm³/mol. The normalized spacial score (nSPS) is 13.7. The summed E-state index contributed by atoms with van der Waals surface area (Å²) in [6, 6.07) is 13.6. The summed E-state index contributed by atoms with van der Waals surface area (Å²) in [7, 11) is 0. The van der Waals surface area contributed by atoms with Gasteiger partial charge in [0.05, 0.1) is 3.92 Å². The lowest BCUT2D eigenvalue weighted by Crippen LogP contribution is -1.86. The van der Waals surface area contributed by atoms with Crippen molar-refractivity contribution in [3.63, 3.8) is 0 Å². The van der Waals surface area contributed by atoms with Crippen molar-refractivity contribution in [2.75, 3.05) is 0 Å². The fraction of sp³-hybridized carbons (Fsp3) is 0.200. The lowest BCUT2D eigenvalue weighted by atomic mass is 10.0. The fourth-order valence-corrected chi connectivity index (χ4v) is 3.47. The third-order valence-corrected chi connectivity index (χ3v) is 4.59. The fourth-order valence-electron chi connectivity index (χ4n) is 2.44. The van der Waals surface area contributed by atoms with Crippen LogP contribution in [0.3, 0.4) is 0 Å². The van der Waals surface area contributed by atoms with Crippen molar-refractivity contribution in [1.82, 2.24) is 0 Å². The van der Waals surface area contributed by atoms with Crippen molar-refractivity contribution < 1.29 is 0 Å². The van der Waals surface area contributed by atoms with Crippen LogP contribution >= 0.6 is 22.6 Å². The van der Waals surface area contributed by atoms with E-state index >= 15 is 0 Å². The Balaban J connectivity index is 2.30. The second kappa shape index (κ2) is 3.59. The van der Waals surface area contributed by atoms with E-state index in [1.54, 1.807) is 0 Å². The number of halogens is 1. The van der Waals surface area contributed by atoms with Gasteiger partial charge in [0, 0.05) is 0 Å². The molecule has 2 aromatic rings. The van der Waals surface area contributed by atoms with E-state index in [4.69, 9.17) is 0 Å². The van der Waals surface area contributed by atoms with Crippen LogP contribution in [0.2, 0.25) is 0 Å². The van der Waals surface area contributed by atoms with Gasteiger partial charge in [0.1, 0.15) is 0 Å². The minimum Gasteiger partial charge on any atom is -0.0721 e. The third kappa shape index (κ3) is 1.41. The Morgan fingerprint density at radius 3 is 1.69 bits per heavy atom. The molecule has 80 valence electrons. The molecule has 0 bridgehead atoms. The maximum Gasteiger partial charge on any atom is 0.0620 e. The first-order valence-corrected chi connectivity index (χ1v) is 6.77. The molecule has 0 saturated heterocycles. The highest BCUT2D eigenvalue weighted by molar-refractivity contribution is 14.1. The van der Waals surface area contributed by atoms with Crippen LogP contribution in [0.15, 0.2) is 36.4 Å². The number of hydrogen-bond donors (Lipinski definition) is 0. The Hall–Kier alpha value is -0.830. The van der Waals surface area contributed by atoms with Gasteiger partial charge in [-0.25, -0.2) is 0 Å². The van der Waals surface area contributed by atoms with Gasteiger partial charge >= 0.3 is 0 Å². The summed E-state index contributed by atoms with van der Waals surface area (Å²) >= 11 is 2.55. The Morgan fingerprint density at radius 2 is 1.25 bits per heavy atom. The summed E-state index contributed by atoms with van der Waals surface area (Å²) in [5, 5.41) is 0. The summed E-state index contributed by atoms with van der Waals surface area (Å²) in [6.07, 6.45) is 0. The highest BCUT2D eigenvalue weighted by Crippen LogP contribution is 2.48. The van der Waals surface area contributed by atoms with Crippen LogP contribution < -0.4 is 0 Å². The molecule has 0 aromatic heterocycles. The first-order valence-electron chi connectivity index (χ1n) is 5.52. The van der Waals surface area contributed by atoms with Crippen molar-refractivity contribution in [3.8, 4) is 11.1 Å². The first-order chi connectivity index (χ1) is 7.66. The van der Waals surface area contributed by atoms with E-state index in [0.29, 0.717) is 3.92 Å². The zero-order valence-electron chi connectivity index (χ0n) is 9.42. The molecule has 3 rings (SSSR count). The molecule has 0 radical (unpaired) electrons. The number of hydrogen-bond acceptors (Lipinski definition) is 0.